The monoisotopic (exact) mass is 271 g/mol. The maximum absolute atomic E-state index is 5.57. The van der Waals surface area contributed by atoms with Crippen molar-refractivity contribution in [3.8, 4) is 22.8 Å². The van der Waals surface area contributed by atoms with Crippen molar-refractivity contribution in [2.45, 2.75) is 6.42 Å². The fourth-order valence-corrected chi connectivity index (χ4v) is 2.51. The summed E-state index contributed by atoms with van der Waals surface area (Å²) in [6.07, 6.45) is 0.847. The highest BCUT2D eigenvalue weighted by atomic mass is 32.1. The Labute approximate surface area is 114 Å². The fraction of sp³-hybridized carbons (Fsp3) is 0.143. The van der Waals surface area contributed by atoms with E-state index in [-0.39, 0.29) is 0 Å². The molecule has 4 nitrogen and oxygen atoms in total. The normalized spacial score (nSPS) is 10.8. The molecule has 2 N–H and O–H groups in total. The zero-order valence-corrected chi connectivity index (χ0v) is 11.1. The molecule has 0 fully saturated rings. The molecule has 0 bridgehead atoms. The van der Waals surface area contributed by atoms with Gasteiger partial charge in [0.1, 0.15) is 0 Å². The topological polar surface area (TPSA) is 64.9 Å². The van der Waals surface area contributed by atoms with Crippen molar-refractivity contribution < 1.29 is 4.52 Å². The van der Waals surface area contributed by atoms with Crippen LogP contribution < -0.4 is 5.73 Å². The highest BCUT2D eigenvalue weighted by Gasteiger charge is 2.10. The van der Waals surface area contributed by atoms with Gasteiger partial charge in [-0.2, -0.15) is 16.3 Å². The van der Waals surface area contributed by atoms with Crippen LogP contribution in [0.25, 0.3) is 22.8 Å². The number of hydrogen-bond acceptors (Lipinski definition) is 5. The number of nitrogens with two attached hydrogens (primary N) is 1. The van der Waals surface area contributed by atoms with E-state index in [1.165, 1.54) is 5.56 Å². The van der Waals surface area contributed by atoms with Crippen LogP contribution in [0.4, 0.5) is 0 Å². The van der Waals surface area contributed by atoms with Gasteiger partial charge >= 0.3 is 0 Å². The third-order valence-electron chi connectivity index (χ3n) is 2.81. The average Bonchev–Trinajstić information content (AvgIpc) is 3.11. The maximum Gasteiger partial charge on any atom is 0.258 e. The molecule has 96 valence electrons. The van der Waals surface area contributed by atoms with Crippen LogP contribution >= 0.6 is 11.3 Å². The molecule has 2 aromatic heterocycles. The molecule has 0 unspecified atom stereocenters. The van der Waals surface area contributed by atoms with Crippen molar-refractivity contribution in [1.29, 1.82) is 0 Å². The molecule has 0 saturated heterocycles. The summed E-state index contributed by atoms with van der Waals surface area (Å²) in [4.78, 5) is 4.42. The van der Waals surface area contributed by atoms with E-state index in [4.69, 9.17) is 10.3 Å². The standard InChI is InChI=1S/C14H13N3OS/c15-6-4-10-2-1-3-11(8-10)14-16-13(17-18-14)12-5-7-19-9-12/h1-3,5,7-9H,4,6,15H2. The molecule has 1 aromatic carbocycles. The van der Waals surface area contributed by atoms with E-state index in [0.29, 0.717) is 18.3 Å². The lowest BCUT2D eigenvalue weighted by Crippen LogP contribution is -2.02. The number of rotatable bonds is 4. The molecule has 3 aromatic rings. The summed E-state index contributed by atoms with van der Waals surface area (Å²) in [7, 11) is 0. The predicted octanol–water partition coefficient (Wildman–Crippen LogP) is 2.97. The summed E-state index contributed by atoms with van der Waals surface area (Å²) >= 11 is 1.61. The van der Waals surface area contributed by atoms with Gasteiger partial charge in [0.05, 0.1) is 0 Å². The zero-order chi connectivity index (χ0) is 13.1. The maximum atomic E-state index is 5.57. The summed E-state index contributed by atoms with van der Waals surface area (Å²) in [6, 6.07) is 10.0. The predicted molar refractivity (Wildman–Crippen MR) is 75.8 cm³/mol. The number of thiophene rings is 1. The first-order chi connectivity index (χ1) is 9.36. The summed E-state index contributed by atoms with van der Waals surface area (Å²) in [6.45, 7) is 0.632. The van der Waals surface area contributed by atoms with Gasteiger partial charge in [0, 0.05) is 16.5 Å². The molecule has 5 heteroatoms. The fourth-order valence-electron chi connectivity index (χ4n) is 1.88. The second kappa shape index (κ2) is 5.34. The van der Waals surface area contributed by atoms with Gasteiger partial charge in [-0.25, -0.2) is 0 Å². The number of benzene rings is 1. The van der Waals surface area contributed by atoms with E-state index >= 15 is 0 Å². The number of hydrogen-bond donors (Lipinski definition) is 1. The molecule has 0 aliphatic carbocycles. The zero-order valence-electron chi connectivity index (χ0n) is 10.2. The first-order valence-corrected chi connectivity index (χ1v) is 6.97. The van der Waals surface area contributed by atoms with E-state index in [1.807, 2.05) is 41.1 Å². The second-order valence-corrected chi connectivity index (χ2v) is 4.95. The van der Waals surface area contributed by atoms with E-state index < -0.39 is 0 Å². The average molecular weight is 271 g/mol. The van der Waals surface area contributed by atoms with Crippen LogP contribution in [0.2, 0.25) is 0 Å². The third kappa shape index (κ3) is 2.57. The molecule has 2 heterocycles. The Morgan fingerprint density at radius 3 is 2.95 bits per heavy atom. The lowest BCUT2D eigenvalue weighted by molar-refractivity contribution is 0.432. The van der Waals surface area contributed by atoms with Crippen LogP contribution in [-0.2, 0) is 6.42 Å². The van der Waals surface area contributed by atoms with Gasteiger partial charge < -0.3 is 10.3 Å². The molecule has 0 atom stereocenters. The smallest absolute Gasteiger partial charge is 0.258 e. The van der Waals surface area contributed by atoms with Crippen LogP contribution in [0, 0.1) is 0 Å². The first-order valence-electron chi connectivity index (χ1n) is 6.02. The first kappa shape index (κ1) is 12.1. The van der Waals surface area contributed by atoms with Gasteiger partial charge in [0.25, 0.3) is 5.89 Å². The quantitative estimate of drug-likeness (QED) is 0.792. The molecule has 0 spiro atoms. The molecular weight excluding hydrogens is 258 g/mol. The summed E-state index contributed by atoms with van der Waals surface area (Å²) in [5.41, 5.74) is 8.66. The molecule has 0 radical (unpaired) electrons. The Morgan fingerprint density at radius 2 is 2.16 bits per heavy atom. The van der Waals surface area contributed by atoms with Gasteiger partial charge in [-0.1, -0.05) is 17.3 Å². The van der Waals surface area contributed by atoms with Crippen molar-refractivity contribution >= 4 is 11.3 Å². The number of nitrogens with zero attached hydrogens (tertiary/aromatic N) is 2. The molecule has 0 aliphatic rings. The minimum atomic E-state index is 0.542. The van der Waals surface area contributed by atoms with E-state index in [2.05, 4.69) is 10.1 Å². The van der Waals surface area contributed by atoms with E-state index in [0.717, 1.165) is 17.5 Å². The van der Waals surface area contributed by atoms with Gasteiger partial charge in [-0.05, 0) is 42.1 Å². The summed E-state index contributed by atoms with van der Waals surface area (Å²) < 4.78 is 5.32. The van der Waals surface area contributed by atoms with Crippen molar-refractivity contribution in [2.24, 2.45) is 5.73 Å². The Bertz CT molecular complexity index is 661. The molecule has 0 saturated carbocycles. The van der Waals surface area contributed by atoms with E-state index in [9.17, 15) is 0 Å². The second-order valence-electron chi connectivity index (χ2n) is 4.17. The van der Waals surface area contributed by atoms with Crippen LogP contribution in [0.15, 0.2) is 45.6 Å². The van der Waals surface area contributed by atoms with Crippen LogP contribution in [-0.4, -0.2) is 16.7 Å². The van der Waals surface area contributed by atoms with Gasteiger partial charge in [-0.3, -0.25) is 0 Å². The number of aromatic nitrogens is 2. The van der Waals surface area contributed by atoms with Crippen molar-refractivity contribution in [3.63, 3.8) is 0 Å². The summed E-state index contributed by atoms with van der Waals surface area (Å²) in [5.74, 6) is 1.17. The van der Waals surface area contributed by atoms with Crippen LogP contribution in [0.5, 0.6) is 0 Å². The largest absolute Gasteiger partial charge is 0.334 e. The highest BCUT2D eigenvalue weighted by molar-refractivity contribution is 7.08. The van der Waals surface area contributed by atoms with Crippen LogP contribution in [0.1, 0.15) is 5.56 Å². The van der Waals surface area contributed by atoms with Crippen molar-refractivity contribution in [1.82, 2.24) is 10.1 Å². The Balaban J connectivity index is 1.92. The highest BCUT2D eigenvalue weighted by Crippen LogP contribution is 2.24. The minimum Gasteiger partial charge on any atom is -0.334 e. The molecule has 19 heavy (non-hydrogen) atoms. The van der Waals surface area contributed by atoms with Gasteiger partial charge in [0.2, 0.25) is 5.82 Å². The Hall–Kier alpha value is -1.98. The SMILES string of the molecule is NCCc1cccc(-c2nc(-c3ccsc3)no2)c1. The third-order valence-corrected chi connectivity index (χ3v) is 3.50. The molecular formula is C14H13N3OS. The summed E-state index contributed by atoms with van der Waals surface area (Å²) in [5, 5.41) is 8.00. The van der Waals surface area contributed by atoms with Crippen LogP contribution in [0.3, 0.4) is 0 Å². The minimum absolute atomic E-state index is 0.542. The molecule has 0 amide bonds. The van der Waals surface area contributed by atoms with Crippen molar-refractivity contribution in [3.05, 3.63) is 46.7 Å². The Kier molecular flexibility index (Phi) is 3.39. The van der Waals surface area contributed by atoms with Gasteiger partial charge in [-0.15, -0.1) is 0 Å². The van der Waals surface area contributed by atoms with E-state index in [1.54, 1.807) is 11.3 Å². The van der Waals surface area contributed by atoms with Gasteiger partial charge in [0.15, 0.2) is 0 Å². The molecule has 3 rings (SSSR count). The van der Waals surface area contributed by atoms with Crippen molar-refractivity contribution in [2.75, 3.05) is 6.54 Å². The lowest BCUT2D eigenvalue weighted by Gasteiger charge is -1.99. The molecule has 0 aliphatic heterocycles. The Morgan fingerprint density at radius 1 is 1.21 bits per heavy atom. The lowest BCUT2D eigenvalue weighted by atomic mass is 10.1.